The van der Waals surface area contributed by atoms with E-state index < -0.39 is 0 Å². The van der Waals surface area contributed by atoms with Crippen molar-refractivity contribution < 1.29 is 0 Å². The Bertz CT molecular complexity index is 656. The number of aromatic nitrogens is 2. The first-order valence-electron chi connectivity index (χ1n) is 6.74. The topological polar surface area (TPSA) is 59.4 Å². The van der Waals surface area contributed by atoms with Crippen LogP contribution in [0.25, 0.3) is 0 Å². The molecule has 0 radical (unpaired) electrons. The number of nitrogens with two attached hydrogens (primary N) is 1. The highest BCUT2D eigenvalue weighted by Crippen LogP contribution is 2.30. The molecule has 0 unspecified atom stereocenters. The summed E-state index contributed by atoms with van der Waals surface area (Å²) in [5.41, 5.74) is 10.6. The predicted molar refractivity (Wildman–Crippen MR) is 81.1 cm³/mol. The number of hydrogen-bond acceptors (Lipinski definition) is 3. The third-order valence-corrected chi connectivity index (χ3v) is 3.72. The number of amidine groups is 1. The molecule has 1 aromatic carbocycles. The molecule has 1 aliphatic heterocycles. The van der Waals surface area contributed by atoms with Gasteiger partial charge in [-0.05, 0) is 18.1 Å². The van der Waals surface area contributed by atoms with E-state index in [1.807, 2.05) is 24.0 Å². The van der Waals surface area contributed by atoms with E-state index in [2.05, 4.69) is 33.2 Å². The van der Waals surface area contributed by atoms with Gasteiger partial charge in [-0.3, -0.25) is 4.99 Å². The van der Waals surface area contributed by atoms with Crippen molar-refractivity contribution in [3.05, 3.63) is 47.5 Å². The van der Waals surface area contributed by atoms with Crippen molar-refractivity contribution >= 4 is 11.5 Å². The van der Waals surface area contributed by atoms with Crippen molar-refractivity contribution in [1.29, 1.82) is 0 Å². The Hall–Kier alpha value is -2.30. The van der Waals surface area contributed by atoms with Crippen molar-refractivity contribution in [2.45, 2.75) is 13.0 Å². The van der Waals surface area contributed by atoms with Crippen LogP contribution in [-0.4, -0.2) is 29.0 Å². The van der Waals surface area contributed by atoms with E-state index in [0.29, 0.717) is 5.84 Å². The summed E-state index contributed by atoms with van der Waals surface area (Å²) in [5.74, 6) is 0.581. The van der Waals surface area contributed by atoms with Crippen molar-refractivity contribution in [1.82, 2.24) is 9.55 Å². The Morgan fingerprint density at radius 2 is 2.30 bits per heavy atom. The number of aliphatic imine (C=N–C) groups is 1. The van der Waals surface area contributed by atoms with Gasteiger partial charge in [-0.1, -0.05) is 12.1 Å². The molecule has 0 spiro atoms. The van der Waals surface area contributed by atoms with Gasteiger partial charge in [0.25, 0.3) is 0 Å². The van der Waals surface area contributed by atoms with Gasteiger partial charge in [0.15, 0.2) is 0 Å². The van der Waals surface area contributed by atoms with Gasteiger partial charge < -0.3 is 15.2 Å². The predicted octanol–water partition coefficient (Wildman–Crippen LogP) is 1.32. The van der Waals surface area contributed by atoms with Crippen LogP contribution in [0.1, 0.15) is 16.8 Å². The first-order chi connectivity index (χ1) is 9.67. The fraction of sp³-hybridized carbons (Fsp3) is 0.333. The summed E-state index contributed by atoms with van der Waals surface area (Å²) >= 11 is 0. The molecule has 0 fully saturated rings. The van der Waals surface area contributed by atoms with Crippen LogP contribution in [0.3, 0.4) is 0 Å². The third kappa shape index (κ3) is 2.27. The fourth-order valence-corrected chi connectivity index (χ4v) is 2.64. The highest BCUT2D eigenvalue weighted by Gasteiger charge is 2.20. The summed E-state index contributed by atoms with van der Waals surface area (Å²) in [7, 11) is 3.71. The van der Waals surface area contributed by atoms with Gasteiger partial charge in [-0.15, -0.1) is 0 Å². The van der Waals surface area contributed by atoms with Crippen LogP contribution >= 0.6 is 0 Å². The largest absolute Gasteiger partial charge is 0.384 e. The molecule has 2 N–H and O–H groups in total. The summed E-state index contributed by atoms with van der Waals surface area (Å²) in [6.07, 6.45) is 4.97. The minimum atomic E-state index is 0.581. The van der Waals surface area contributed by atoms with Crippen LogP contribution in [0, 0.1) is 0 Å². The van der Waals surface area contributed by atoms with Crippen molar-refractivity contribution in [2.75, 3.05) is 18.5 Å². The first kappa shape index (κ1) is 12.7. The van der Waals surface area contributed by atoms with Gasteiger partial charge in [0.2, 0.25) is 0 Å². The second kappa shape index (κ2) is 5.00. The van der Waals surface area contributed by atoms with E-state index in [0.717, 1.165) is 30.8 Å². The Morgan fingerprint density at radius 3 is 3.00 bits per heavy atom. The van der Waals surface area contributed by atoms with Crippen molar-refractivity contribution in [3.8, 4) is 0 Å². The SMILES string of the molecule is CN=C(N)c1ccc2c(c1)N(Cc1cn(C)cn1)CC2. The molecule has 0 aliphatic carbocycles. The van der Waals surface area contributed by atoms with E-state index >= 15 is 0 Å². The molecule has 0 saturated carbocycles. The quantitative estimate of drug-likeness (QED) is 0.675. The standard InChI is InChI=1S/C15H19N5/c1-17-15(16)12-4-3-11-5-6-20(14(11)7-12)9-13-8-19(2)10-18-13/h3-4,7-8,10H,5-6,9H2,1-2H3,(H2,16,17). The van der Waals surface area contributed by atoms with Crippen LogP contribution in [0.15, 0.2) is 35.7 Å². The van der Waals surface area contributed by atoms with E-state index in [-0.39, 0.29) is 0 Å². The van der Waals surface area contributed by atoms with Gasteiger partial charge >= 0.3 is 0 Å². The maximum atomic E-state index is 5.91. The number of anilines is 1. The summed E-state index contributed by atoms with van der Waals surface area (Å²) in [6.45, 7) is 1.86. The Balaban J connectivity index is 1.88. The number of hydrogen-bond donors (Lipinski definition) is 1. The Labute approximate surface area is 118 Å². The maximum absolute atomic E-state index is 5.91. The number of imidazole rings is 1. The number of benzene rings is 1. The Morgan fingerprint density at radius 1 is 1.45 bits per heavy atom. The molecular formula is C15H19N5. The van der Waals surface area contributed by atoms with Crippen LogP contribution in [-0.2, 0) is 20.0 Å². The molecule has 2 aromatic rings. The monoisotopic (exact) mass is 269 g/mol. The van der Waals surface area contributed by atoms with E-state index in [9.17, 15) is 0 Å². The first-order valence-corrected chi connectivity index (χ1v) is 6.74. The molecule has 0 bridgehead atoms. The van der Waals surface area contributed by atoms with E-state index in [1.54, 1.807) is 7.05 Å². The zero-order chi connectivity index (χ0) is 14.1. The summed E-state index contributed by atoms with van der Waals surface area (Å²) in [5, 5.41) is 0. The van der Waals surface area contributed by atoms with E-state index in [1.165, 1.54) is 11.3 Å². The zero-order valence-electron chi connectivity index (χ0n) is 11.9. The molecule has 1 aromatic heterocycles. The van der Waals surface area contributed by atoms with Crippen molar-refractivity contribution in [2.24, 2.45) is 17.8 Å². The highest BCUT2D eigenvalue weighted by molar-refractivity contribution is 5.98. The molecule has 2 heterocycles. The highest BCUT2D eigenvalue weighted by atomic mass is 15.2. The van der Waals surface area contributed by atoms with Crippen LogP contribution < -0.4 is 10.6 Å². The molecule has 1 aliphatic rings. The third-order valence-electron chi connectivity index (χ3n) is 3.72. The van der Waals surface area contributed by atoms with Gasteiger partial charge in [0, 0.05) is 38.1 Å². The molecule has 0 saturated heterocycles. The lowest BCUT2D eigenvalue weighted by molar-refractivity contribution is 0.818. The van der Waals surface area contributed by atoms with Gasteiger partial charge in [-0.25, -0.2) is 4.98 Å². The molecule has 3 rings (SSSR count). The molecule has 0 amide bonds. The summed E-state index contributed by atoms with van der Waals surface area (Å²) in [4.78, 5) is 10.8. The number of nitrogens with zero attached hydrogens (tertiary/aromatic N) is 4. The van der Waals surface area contributed by atoms with Gasteiger partial charge in [0.1, 0.15) is 5.84 Å². The molecule has 0 atom stereocenters. The second-order valence-corrected chi connectivity index (χ2v) is 5.15. The molecular weight excluding hydrogens is 250 g/mol. The number of aryl methyl sites for hydroxylation is 1. The summed E-state index contributed by atoms with van der Waals surface area (Å²) in [6, 6.07) is 6.33. The number of rotatable bonds is 3. The van der Waals surface area contributed by atoms with Crippen molar-refractivity contribution in [3.63, 3.8) is 0 Å². The summed E-state index contributed by atoms with van der Waals surface area (Å²) < 4.78 is 1.98. The lowest BCUT2D eigenvalue weighted by Gasteiger charge is -2.18. The van der Waals surface area contributed by atoms with Gasteiger partial charge in [0.05, 0.1) is 18.6 Å². The number of fused-ring (bicyclic) bond motifs is 1. The zero-order valence-corrected chi connectivity index (χ0v) is 11.9. The van der Waals surface area contributed by atoms with Crippen LogP contribution in [0.4, 0.5) is 5.69 Å². The molecule has 104 valence electrons. The second-order valence-electron chi connectivity index (χ2n) is 5.15. The smallest absolute Gasteiger partial charge is 0.125 e. The van der Waals surface area contributed by atoms with E-state index in [4.69, 9.17) is 5.73 Å². The fourth-order valence-electron chi connectivity index (χ4n) is 2.64. The average molecular weight is 269 g/mol. The van der Waals surface area contributed by atoms with Crippen LogP contribution in [0.2, 0.25) is 0 Å². The Kier molecular flexibility index (Phi) is 3.18. The molecule has 5 nitrogen and oxygen atoms in total. The minimum absolute atomic E-state index is 0.581. The molecule has 5 heteroatoms. The maximum Gasteiger partial charge on any atom is 0.125 e. The molecule has 20 heavy (non-hydrogen) atoms. The van der Waals surface area contributed by atoms with Crippen LogP contribution in [0.5, 0.6) is 0 Å². The lowest BCUT2D eigenvalue weighted by atomic mass is 10.1. The lowest BCUT2D eigenvalue weighted by Crippen LogP contribution is -2.20. The minimum Gasteiger partial charge on any atom is -0.384 e. The normalized spacial score (nSPS) is 14.7. The average Bonchev–Trinajstić information content (AvgIpc) is 3.05. The van der Waals surface area contributed by atoms with Gasteiger partial charge in [-0.2, -0.15) is 0 Å².